The van der Waals surface area contributed by atoms with Crippen molar-refractivity contribution in [3.63, 3.8) is 0 Å². The number of rotatable bonds is 6. The van der Waals surface area contributed by atoms with E-state index in [2.05, 4.69) is 15.9 Å². The minimum atomic E-state index is -3.12. The number of hydrogen-bond acceptors (Lipinski definition) is 5. The number of furan rings is 1. The lowest BCUT2D eigenvalue weighted by atomic mass is 10.1. The Morgan fingerprint density at radius 2 is 1.96 bits per heavy atom. The van der Waals surface area contributed by atoms with Gasteiger partial charge in [0.1, 0.15) is 11.5 Å². The van der Waals surface area contributed by atoms with Crippen molar-refractivity contribution in [1.29, 1.82) is 0 Å². The average Bonchev–Trinajstić information content (AvgIpc) is 3.16. The summed E-state index contributed by atoms with van der Waals surface area (Å²) in [6.07, 6.45) is 0.430. The molecule has 1 aliphatic heterocycles. The number of benzene rings is 1. The van der Waals surface area contributed by atoms with Crippen LogP contribution in [0.3, 0.4) is 0 Å². The smallest absolute Gasteiger partial charge is 0.261 e. The molecule has 0 spiro atoms. The number of amides is 1. The Labute approximate surface area is 167 Å². The number of ether oxygens (including phenoxy) is 1. The van der Waals surface area contributed by atoms with Gasteiger partial charge in [-0.05, 0) is 59.5 Å². The third-order valence-corrected chi connectivity index (χ3v) is 6.85. The Hall–Kier alpha value is -1.80. The minimum absolute atomic E-state index is 0.0238. The molecule has 1 aromatic heterocycles. The molecular weight excluding hydrogens is 434 g/mol. The Morgan fingerprint density at radius 1 is 1.26 bits per heavy atom. The molecule has 1 saturated heterocycles. The van der Waals surface area contributed by atoms with Gasteiger partial charge in [-0.2, -0.15) is 0 Å². The molecule has 3 rings (SSSR count). The molecule has 1 atom stereocenters. The first-order valence-electron chi connectivity index (χ1n) is 8.68. The van der Waals surface area contributed by atoms with Gasteiger partial charge in [0.15, 0.2) is 21.1 Å². The van der Waals surface area contributed by atoms with Crippen LogP contribution in [0.25, 0.3) is 0 Å². The summed E-state index contributed by atoms with van der Waals surface area (Å²) in [5.74, 6) is 1.09. The van der Waals surface area contributed by atoms with E-state index in [1.54, 1.807) is 17.0 Å². The number of para-hydroxylation sites is 1. The van der Waals surface area contributed by atoms with E-state index in [0.717, 1.165) is 11.1 Å². The molecule has 0 radical (unpaired) electrons. The van der Waals surface area contributed by atoms with Crippen LogP contribution in [-0.2, 0) is 21.2 Å². The van der Waals surface area contributed by atoms with Gasteiger partial charge in [-0.3, -0.25) is 4.79 Å². The summed E-state index contributed by atoms with van der Waals surface area (Å²) in [6.45, 7) is 3.91. The minimum Gasteiger partial charge on any atom is -0.483 e. The van der Waals surface area contributed by atoms with Crippen LogP contribution in [0.5, 0.6) is 5.75 Å². The second kappa shape index (κ2) is 8.06. The third kappa shape index (κ3) is 4.93. The Bertz CT molecular complexity index is 917. The summed E-state index contributed by atoms with van der Waals surface area (Å²) in [7, 11) is -3.12. The number of carbonyl (C=O) groups is 1. The number of hydrogen-bond donors (Lipinski definition) is 0. The normalized spacial score (nSPS) is 18.4. The van der Waals surface area contributed by atoms with Crippen LogP contribution in [0.15, 0.2) is 39.4 Å². The molecule has 6 nitrogen and oxygen atoms in total. The van der Waals surface area contributed by atoms with Gasteiger partial charge in [0, 0.05) is 6.04 Å². The van der Waals surface area contributed by atoms with Gasteiger partial charge in [0.25, 0.3) is 5.91 Å². The van der Waals surface area contributed by atoms with Crippen molar-refractivity contribution in [2.75, 3.05) is 18.1 Å². The number of nitrogens with zero attached hydrogens (tertiary/aromatic N) is 1. The van der Waals surface area contributed by atoms with Crippen molar-refractivity contribution < 1.29 is 22.4 Å². The molecule has 0 bridgehead atoms. The molecule has 0 unspecified atom stereocenters. The largest absolute Gasteiger partial charge is 0.483 e. The summed E-state index contributed by atoms with van der Waals surface area (Å²) >= 11 is 3.25. The molecular formula is C19H22BrNO5S. The summed E-state index contributed by atoms with van der Waals surface area (Å²) in [6, 6.07) is 8.93. The second-order valence-corrected chi connectivity index (χ2v) is 9.80. The van der Waals surface area contributed by atoms with Crippen LogP contribution in [-0.4, -0.2) is 43.4 Å². The maximum atomic E-state index is 12.9. The topological polar surface area (TPSA) is 76.8 Å². The van der Waals surface area contributed by atoms with E-state index in [1.807, 2.05) is 32.0 Å². The standard InChI is InChI=1S/C19H22BrNO5S/c1-13-4-3-5-14(2)19(13)25-11-18(22)21(10-16-6-7-17(20)26-16)15-8-9-27(23,24)12-15/h3-7,15H,8-12H2,1-2H3/t15-/m1/s1. The molecule has 1 aliphatic rings. The van der Waals surface area contributed by atoms with Gasteiger partial charge in [0.2, 0.25) is 0 Å². The molecule has 0 N–H and O–H groups in total. The zero-order valence-corrected chi connectivity index (χ0v) is 17.7. The van der Waals surface area contributed by atoms with Crippen LogP contribution in [0.2, 0.25) is 0 Å². The van der Waals surface area contributed by atoms with Crippen molar-refractivity contribution in [1.82, 2.24) is 4.90 Å². The maximum Gasteiger partial charge on any atom is 0.261 e. The van der Waals surface area contributed by atoms with Crippen LogP contribution < -0.4 is 4.74 Å². The van der Waals surface area contributed by atoms with Crippen LogP contribution in [0, 0.1) is 13.8 Å². The zero-order valence-electron chi connectivity index (χ0n) is 15.3. The first-order valence-corrected chi connectivity index (χ1v) is 11.3. The summed E-state index contributed by atoms with van der Waals surface area (Å²) < 4.78 is 35.6. The highest BCUT2D eigenvalue weighted by Crippen LogP contribution is 2.25. The van der Waals surface area contributed by atoms with E-state index in [-0.39, 0.29) is 36.6 Å². The number of halogens is 1. The molecule has 8 heteroatoms. The van der Waals surface area contributed by atoms with E-state index < -0.39 is 9.84 Å². The third-order valence-electron chi connectivity index (χ3n) is 4.67. The monoisotopic (exact) mass is 455 g/mol. The van der Waals surface area contributed by atoms with Gasteiger partial charge in [0.05, 0.1) is 18.1 Å². The molecule has 2 aromatic rings. The van der Waals surface area contributed by atoms with Gasteiger partial charge >= 0.3 is 0 Å². The fourth-order valence-corrected chi connectivity index (χ4v) is 5.36. The van der Waals surface area contributed by atoms with Gasteiger partial charge in [-0.25, -0.2) is 8.42 Å². The highest BCUT2D eigenvalue weighted by atomic mass is 79.9. The van der Waals surface area contributed by atoms with Crippen LogP contribution in [0.1, 0.15) is 23.3 Å². The molecule has 1 aromatic carbocycles. The van der Waals surface area contributed by atoms with E-state index in [1.165, 1.54) is 0 Å². The number of carbonyl (C=O) groups excluding carboxylic acids is 1. The number of sulfone groups is 1. The molecule has 27 heavy (non-hydrogen) atoms. The van der Waals surface area contributed by atoms with E-state index in [9.17, 15) is 13.2 Å². The number of aryl methyl sites for hydroxylation is 2. The fraction of sp³-hybridized carbons (Fsp3) is 0.421. The van der Waals surface area contributed by atoms with Crippen molar-refractivity contribution in [3.8, 4) is 5.75 Å². The quantitative estimate of drug-likeness (QED) is 0.667. The summed E-state index contributed by atoms with van der Waals surface area (Å²) in [5.41, 5.74) is 1.90. The lowest BCUT2D eigenvalue weighted by molar-refractivity contribution is -0.136. The molecule has 0 saturated carbocycles. The highest BCUT2D eigenvalue weighted by Gasteiger charge is 2.35. The van der Waals surface area contributed by atoms with Crippen LogP contribution >= 0.6 is 15.9 Å². The molecule has 1 amide bonds. The van der Waals surface area contributed by atoms with E-state index in [0.29, 0.717) is 22.6 Å². The van der Waals surface area contributed by atoms with E-state index in [4.69, 9.17) is 9.15 Å². The van der Waals surface area contributed by atoms with Crippen LogP contribution in [0.4, 0.5) is 0 Å². The highest BCUT2D eigenvalue weighted by molar-refractivity contribution is 9.10. The Kier molecular flexibility index (Phi) is 5.95. The zero-order chi connectivity index (χ0) is 19.6. The predicted octanol–water partition coefficient (Wildman–Crippen LogP) is 3.25. The molecule has 146 valence electrons. The fourth-order valence-electron chi connectivity index (χ4n) is 3.29. The maximum absolute atomic E-state index is 12.9. The lowest BCUT2D eigenvalue weighted by Gasteiger charge is -2.27. The van der Waals surface area contributed by atoms with Crippen molar-refractivity contribution in [2.24, 2.45) is 0 Å². The van der Waals surface area contributed by atoms with Gasteiger partial charge in [-0.15, -0.1) is 0 Å². The molecule has 1 fully saturated rings. The average molecular weight is 456 g/mol. The van der Waals surface area contributed by atoms with Crippen molar-refractivity contribution in [3.05, 3.63) is 51.9 Å². The van der Waals surface area contributed by atoms with Gasteiger partial charge in [-0.1, -0.05) is 18.2 Å². The summed E-state index contributed by atoms with van der Waals surface area (Å²) in [4.78, 5) is 14.5. The lowest BCUT2D eigenvalue weighted by Crippen LogP contribution is -2.43. The SMILES string of the molecule is Cc1cccc(C)c1OCC(=O)N(Cc1ccc(Br)o1)[C@@H]1CCS(=O)(=O)C1. The second-order valence-electron chi connectivity index (χ2n) is 6.79. The van der Waals surface area contributed by atoms with Crippen molar-refractivity contribution in [2.45, 2.75) is 32.9 Å². The first kappa shape index (κ1) is 19.9. The Morgan fingerprint density at radius 3 is 2.52 bits per heavy atom. The van der Waals surface area contributed by atoms with Crippen molar-refractivity contribution >= 4 is 31.7 Å². The van der Waals surface area contributed by atoms with E-state index >= 15 is 0 Å². The Balaban J connectivity index is 1.76. The predicted molar refractivity (Wildman–Crippen MR) is 105 cm³/mol. The molecule has 0 aliphatic carbocycles. The summed E-state index contributed by atoms with van der Waals surface area (Å²) in [5, 5.41) is 0. The van der Waals surface area contributed by atoms with Gasteiger partial charge < -0.3 is 14.1 Å². The molecule has 2 heterocycles. The first-order chi connectivity index (χ1) is 12.7.